The fraction of sp³-hybridized carbons (Fsp3) is 0. The first kappa shape index (κ1) is 13.1. The summed E-state index contributed by atoms with van der Waals surface area (Å²) in [5.41, 5.74) is 0. The lowest BCUT2D eigenvalue weighted by atomic mass is 10.4. The minimum atomic E-state index is -4.31. The van der Waals surface area contributed by atoms with Gasteiger partial charge in [0.15, 0.2) is 0 Å². The molecule has 0 saturated heterocycles. The highest BCUT2D eigenvalue weighted by molar-refractivity contribution is 7.80. The van der Waals surface area contributed by atoms with Crippen LogP contribution in [0.1, 0.15) is 0 Å². The van der Waals surface area contributed by atoms with Crippen LogP contribution in [-0.4, -0.2) is 15.0 Å². The van der Waals surface area contributed by atoms with E-state index in [2.05, 4.69) is 22.3 Å². The van der Waals surface area contributed by atoms with Crippen LogP contribution in [0.5, 0.6) is 0 Å². The second-order valence-electron chi connectivity index (χ2n) is 2.54. The molecule has 0 aromatic heterocycles. The van der Waals surface area contributed by atoms with Crippen LogP contribution in [0.15, 0.2) is 23.1 Å². The second kappa shape index (κ2) is 5.39. The molecule has 0 amide bonds. The molecule has 9 heteroatoms. The van der Waals surface area contributed by atoms with E-state index in [1.165, 1.54) is 12.1 Å². The molecule has 0 aliphatic heterocycles. The van der Waals surface area contributed by atoms with Crippen LogP contribution in [0.4, 0.5) is 0 Å². The minimum absolute atomic E-state index is 0.154. The van der Waals surface area contributed by atoms with Gasteiger partial charge >= 0.3 is 7.60 Å². The van der Waals surface area contributed by atoms with Gasteiger partial charge in [-0.3, -0.25) is 4.57 Å². The molecule has 84 valence electrons. The highest BCUT2D eigenvalue weighted by Crippen LogP contribution is 2.33. The van der Waals surface area contributed by atoms with Crippen LogP contribution in [-0.2, 0) is 14.3 Å². The molecule has 0 saturated carbocycles. The molecule has 1 aromatic carbocycles. The molecular formula is C6H8O6P2S. The molecule has 3 N–H and O–H groups in total. The van der Waals surface area contributed by atoms with Gasteiger partial charge in [0.1, 0.15) is 0 Å². The average molecular weight is 270 g/mol. The quantitative estimate of drug-likeness (QED) is 0.274. The van der Waals surface area contributed by atoms with Crippen molar-refractivity contribution in [1.29, 1.82) is 0 Å². The molecule has 1 atom stereocenters. The summed E-state index contributed by atoms with van der Waals surface area (Å²) in [5, 5.41) is 11.6. The van der Waals surface area contributed by atoms with Crippen molar-refractivity contribution in [2.75, 3.05) is 0 Å². The number of thiol groups is 1. The summed E-state index contributed by atoms with van der Waals surface area (Å²) in [4.78, 5) is 18.2. The standard InChI is InChI=1S/C6H8O6P2S/c7-11-12-13-4-1-5(14(8,9)10)3-6(15)2-4/h1-3,7,13,15H,(H2,8,9,10). The van der Waals surface area contributed by atoms with Crippen molar-refractivity contribution in [2.24, 2.45) is 0 Å². The molecule has 0 aliphatic carbocycles. The van der Waals surface area contributed by atoms with Gasteiger partial charge in [-0.1, -0.05) is 5.04 Å². The lowest BCUT2D eigenvalue weighted by Gasteiger charge is -2.07. The smallest absolute Gasteiger partial charge is 0.321 e. The Morgan fingerprint density at radius 2 is 2.00 bits per heavy atom. The Morgan fingerprint density at radius 1 is 1.33 bits per heavy atom. The summed E-state index contributed by atoms with van der Waals surface area (Å²) in [6.45, 7) is 0. The Morgan fingerprint density at radius 3 is 2.53 bits per heavy atom. The predicted octanol–water partition coefficient (Wildman–Crippen LogP) is 0.418. The van der Waals surface area contributed by atoms with Gasteiger partial charge in [-0.15, -0.1) is 12.6 Å². The Kier molecular flexibility index (Phi) is 4.70. The van der Waals surface area contributed by atoms with Crippen LogP contribution >= 0.6 is 29.0 Å². The molecule has 1 unspecified atom stereocenters. The summed E-state index contributed by atoms with van der Waals surface area (Å²) >= 11 is 3.98. The number of rotatable bonds is 4. The van der Waals surface area contributed by atoms with E-state index in [0.29, 0.717) is 10.2 Å². The Hall–Kier alpha value is 0.0300. The summed E-state index contributed by atoms with van der Waals surface area (Å²) in [7, 11) is -4.70. The first-order chi connectivity index (χ1) is 6.93. The summed E-state index contributed by atoms with van der Waals surface area (Å²) < 4.78 is 15.2. The molecule has 1 rings (SSSR count). The van der Waals surface area contributed by atoms with E-state index in [9.17, 15) is 4.57 Å². The van der Waals surface area contributed by atoms with Crippen LogP contribution in [0.25, 0.3) is 0 Å². The second-order valence-corrected chi connectivity index (χ2v) is 5.61. The normalized spacial score (nSPS) is 12.5. The van der Waals surface area contributed by atoms with E-state index >= 15 is 0 Å². The number of hydrogen-bond acceptors (Lipinski definition) is 5. The van der Waals surface area contributed by atoms with E-state index < -0.39 is 7.60 Å². The lowest BCUT2D eigenvalue weighted by molar-refractivity contribution is -0.434. The topological polar surface area (TPSA) is 96.2 Å². The zero-order valence-electron chi connectivity index (χ0n) is 7.19. The maximum atomic E-state index is 11.0. The van der Waals surface area contributed by atoms with Crippen molar-refractivity contribution >= 4 is 39.6 Å². The number of hydrogen-bond donors (Lipinski definition) is 4. The minimum Gasteiger partial charge on any atom is -0.321 e. The van der Waals surface area contributed by atoms with Gasteiger partial charge in [-0.25, -0.2) is 5.26 Å². The van der Waals surface area contributed by atoms with Crippen molar-refractivity contribution in [1.82, 2.24) is 0 Å². The van der Waals surface area contributed by atoms with Crippen LogP contribution < -0.4 is 10.6 Å². The van der Waals surface area contributed by atoms with Crippen LogP contribution in [0, 0.1) is 0 Å². The Labute approximate surface area is 92.5 Å². The molecular weight excluding hydrogens is 262 g/mol. The first-order valence-electron chi connectivity index (χ1n) is 3.57. The maximum absolute atomic E-state index is 11.0. The van der Waals surface area contributed by atoms with Gasteiger partial charge in [0.25, 0.3) is 0 Å². The molecule has 1 aromatic rings. The van der Waals surface area contributed by atoms with Gasteiger partial charge in [0.2, 0.25) is 0 Å². The molecule has 0 aliphatic rings. The van der Waals surface area contributed by atoms with Crippen molar-refractivity contribution in [3.63, 3.8) is 0 Å². The Balaban J connectivity index is 3.00. The molecule has 0 fully saturated rings. The fourth-order valence-corrected chi connectivity index (χ4v) is 2.69. The summed E-state index contributed by atoms with van der Waals surface area (Å²) in [6.07, 6.45) is 0. The van der Waals surface area contributed by atoms with Crippen molar-refractivity contribution in [3.05, 3.63) is 18.2 Å². The van der Waals surface area contributed by atoms with Crippen molar-refractivity contribution < 1.29 is 29.3 Å². The maximum Gasteiger partial charge on any atom is 0.356 e. The third-order valence-corrected chi connectivity index (χ3v) is 3.31. The SMILES string of the molecule is O=P(O)(O)c1cc(S)cc(POOO)c1. The van der Waals surface area contributed by atoms with E-state index in [-0.39, 0.29) is 14.1 Å². The van der Waals surface area contributed by atoms with E-state index in [1.54, 1.807) is 6.07 Å². The third-order valence-electron chi connectivity index (χ3n) is 1.44. The largest absolute Gasteiger partial charge is 0.356 e. The van der Waals surface area contributed by atoms with Crippen molar-refractivity contribution in [2.45, 2.75) is 4.90 Å². The highest BCUT2D eigenvalue weighted by atomic mass is 32.1. The van der Waals surface area contributed by atoms with Crippen LogP contribution in [0.2, 0.25) is 0 Å². The van der Waals surface area contributed by atoms with Crippen molar-refractivity contribution in [3.8, 4) is 0 Å². The fourth-order valence-electron chi connectivity index (χ4n) is 0.889. The number of benzene rings is 1. The Bertz CT molecular complexity index is 391. The van der Waals surface area contributed by atoms with Gasteiger partial charge in [-0.2, -0.15) is 4.67 Å². The summed E-state index contributed by atoms with van der Waals surface area (Å²) in [5.74, 6) is 0. The predicted molar refractivity (Wildman–Crippen MR) is 58.1 cm³/mol. The van der Waals surface area contributed by atoms with E-state index in [0.717, 1.165) is 0 Å². The van der Waals surface area contributed by atoms with Crippen LogP contribution in [0.3, 0.4) is 0 Å². The van der Waals surface area contributed by atoms with Gasteiger partial charge in [-0.05, 0) is 18.2 Å². The van der Waals surface area contributed by atoms with Gasteiger partial charge < -0.3 is 9.79 Å². The van der Waals surface area contributed by atoms with Gasteiger partial charge in [0, 0.05) is 10.2 Å². The lowest BCUT2D eigenvalue weighted by Crippen LogP contribution is -2.10. The first-order valence-corrected chi connectivity index (χ1v) is 6.53. The average Bonchev–Trinajstić information content (AvgIpc) is 2.12. The molecule has 0 bridgehead atoms. The monoisotopic (exact) mass is 270 g/mol. The third kappa shape index (κ3) is 4.18. The summed E-state index contributed by atoms with van der Waals surface area (Å²) in [6, 6.07) is 4.06. The molecule has 0 heterocycles. The highest BCUT2D eigenvalue weighted by Gasteiger charge is 2.18. The zero-order chi connectivity index (χ0) is 11.5. The molecule has 0 radical (unpaired) electrons. The van der Waals surface area contributed by atoms with E-state index in [1.807, 2.05) is 0 Å². The molecule has 6 nitrogen and oxygen atoms in total. The zero-order valence-corrected chi connectivity index (χ0v) is 9.98. The molecule has 15 heavy (non-hydrogen) atoms. The van der Waals surface area contributed by atoms with Gasteiger partial charge in [0.05, 0.1) is 14.1 Å². The molecule has 0 spiro atoms. The van der Waals surface area contributed by atoms with E-state index in [4.69, 9.17) is 15.0 Å².